The molecule has 0 bridgehead atoms. The molecular weight excluding hydrogens is 286 g/mol. The highest BCUT2D eigenvalue weighted by atomic mass is 16.5. The first-order valence-corrected chi connectivity index (χ1v) is 7.26. The molecule has 0 saturated heterocycles. The highest BCUT2D eigenvalue weighted by Crippen LogP contribution is 2.11. The van der Waals surface area contributed by atoms with Crippen molar-refractivity contribution in [1.29, 1.82) is 0 Å². The molecule has 0 heterocycles. The Morgan fingerprint density at radius 2 is 2.05 bits per heavy atom. The summed E-state index contributed by atoms with van der Waals surface area (Å²) in [6.07, 6.45) is -0.706. The Kier molecular flexibility index (Phi) is 8.17. The van der Waals surface area contributed by atoms with Crippen molar-refractivity contribution < 1.29 is 24.2 Å². The minimum Gasteiger partial charge on any atom is -0.464 e. The molecule has 0 aliphatic heterocycles. The van der Waals surface area contributed by atoms with E-state index >= 15 is 0 Å². The second kappa shape index (κ2) is 9.92. The van der Waals surface area contributed by atoms with Crippen LogP contribution in [-0.2, 0) is 25.7 Å². The van der Waals surface area contributed by atoms with Crippen molar-refractivity contribution in [1.82, 2.24) is 5.32 Å². The van der Waals surface area contributed by atoms with E-state index in [9.17, 15) is 14.7 Å². The van der Waals surface area contributed by atoms with E-state index in [0.717, 1.165) is 5.56 Å². The van der Waals surface area contributed by atoms with Gasteiger partial charge in [0, 0.05) is 5.92 Å². The molecule has 6 heteroatoms. The monoisotopic (exact) mass is 309 g/mol. The average molecular weight is 309 g/mol. The molecule has 3 atom stereocenters. The van der Waals surface area contributed by atoms with Crippen LogP contribution in [0.25, 0.3) is 0 Å². The van der Waals surface area contributed by atoms with Crippen molar-refractivity contribution in [3.63, 3.8) is 0 Å². The molecule has 1 aromatic rings. The first-order chi connectivity index (χ1) is 10.6. The summed E-state index contributed by atoms with van der Waals surface area (Å²) in [6.45, 7) is 4.26. The minimum absolute atomic E-state index is 0.182. The first-order valence-electron chi connectivity index (χ1n) is 7.26. The summed E-state index contributed by atoms with van der Waals surface area (Å²) in [5.41, 5.74) is 1.03. The Hall–Kier alpha value is -1.92. The Bertz CT molecular complexity index is 451. The summed E-state index contributed by atoms with van der Waals surface area (Å²) in [4.78, 5) is 22.3. The number of carbonyl (C=O) groups is 2. The van der Waals surface area contributed by atoms with E-state index < -0.39 is 18.1 Å². The van der Waals surface area contributed by atoms with Gasteiger partial charge in [-0.05, 0) is 12.5 Å². The smallest absolute Gasteiger partial charge is 0.331 e. The fraction of sp³-hybridized carbons (Fsp3) is 0.500. The molecule has 0 radical (unpaired) electrons. The van der Waals surface area contributed by atoms with Gasteiger partial charge in [0.1, 0.15) is 0 Å². The highest BCUT2D eigenvalue weighted by molar-refractivity contribution is 5.79. The van der Waals surface area contributed by atoms with Crippen LogP contribution in [0.5, 0.6) is 0 Å². The fourth-order valence-corrected chi connectivity index (χ4v) is 1.98. The predicted octanol–water partition coefficient (Wildman–Crippen LogP) is 0.878. The largest absolute Gasteiger partial charge is 0.464 e. The summed E-state index contributed by atoms with van der Waals surface area (Å²) in [6, 6.07) is 8.55. The van der Waals surface area contributed by atoms with Gasteiger partial charge in [-0.1, -0.05) is 37.3 Å². The van der Waals surface area contributed by atoms with Crippen molar-refractivity contribution in [2.45, 2.75) is 32.6 Å². The lowest BCUT2D eigenvalue weighted by atomic mass is 9.98. The van der Waals surface area contributed by atoms with E-state index in [2.05, 4.69) is 5.32 Å². The van der Waals surface area contributed by atoms with Crippen LogP contribution in [0.4, 0.5) is 0 Å². The molecule has 0 fully saturated rings. The van der Waals surface area contributed by atoms with Gasteiger partial charge in [-0.15, -0.1) is 0 Å². The average Bonchev–Trinajstić information content (AvgIpc) is 2.53. The number of aliphatic hydroxyl groups is 1. The van der Waals surface area contributed by atoms with Gasteiger partial charge < -0.3 is 19.9 Å². The van der Waals surface area contributed by atoms with Gasteiger partial charge in [-0.25, -0.2) is 4.79 Å². The number of hydrogen-bond acceptors (Lipinski definition) is 5. The number of rotatable bonds is 10. The molecule has 0 aliphatic rings. The van der Waals surface area contributed by atoms with Crippen molar-refractivity contribution in [2.24, 2.45) is 5.92 Å². The van der Waals surface area contributed by atoms with Crippen LogP contribution in [0.15, 0.2) is 30.3 Å². The fourth-order valence-electron chi connectivity index (χ4n) is 1.98. The van der Waals surface area contributed by atoms with E-state index in [4.69, 9.17) is 9.47 Å². The maximum Gasteiger partial charge on any atom is 0.331 e. The van der Waals surface area contributed by atoms with E-state index in [1.165, 1.54) is 0 Å². The third-order valence-corrected chi connectivity index (χ3v) is 3.20. The van der Waals surface area contributed by atoms with Gasteiger partial charge in [-0.3, -0.25) is 4.79 Å². The van der Waals surface area contributed by atoms with E-state index in [-0.39, 0.29) is 19.1 Å². The molecule has 3 unspecified atom stereocenters. The molecule has 22 heavy (non-hydrogen) atoms. The van der Waals surface area contributed by atoms with Crippen LogP contribution in [0.2, 0.25) is 0 Å². The second-order valence-electron chi connectivity index (χ2n) is 4.98. The third kappa shape index (κ3) is 5.83. The van der Waals surface area contributed by atoms with Crippen molar-refractivity contribution in [3.8, 4) is 0 Å². The Balaban J connectivity index is 2.48. The predicted molar refractivity (Wildman–Crippen MR) is 80.9 cm³/mol. The number of carbonyl (C=O) groups excluding carboxylic acids is 2. The maximum atomic E-state index is 11.7. The SMILES string of the molecule is CCOC(=O)C(NC=O)C(O)C(C)COCc1ccccc1. The van der Waals surface area contributed by atoms with Crippen LogP contribution in [0, 0.1) is 5.92 Å². The zero-order valence-corrected chi connectivity index (χ0v) is 12.9. The van der Waals surface area contributed by atoms with E-state index in [0.29, 0.717) is 13.0 Å². The lowest BCUT2D eigenvalue weighted by Crippen LogP contribution is -2.49. The van der Waals surface area contributed by atoms with Gasteiger partial charge in [0.05, 0.1) is 25.9 Å². The third-order valence-electron chi connectivity index (χ3n) is 3.20. The number of ether oxygens (including phenoxy) is 2. The summed E-state index contributed by atoms with van der Waals surface area (Å²) in [5.74, 6) is -0.998. The van der Waals surface area contributed by atoms with E-state index in [1.807, 2.05) is 30.3 Å². The molecule has 1 amide bonds. The lowest BCUT2D eigenvalue weighted by Gasteiger charge is -2.25. The molecule has 0 aromatic heterocycles. The Morgan fingerprint density at radius 3 is 2.64 bits per heavy atom. The Morgan fingerprint density at radius 1 is 1.36 bits per heavy atom. The van der Waals surface area contributed by atoms with Gasteiger partial charge >= 0.3 is 5.97 Å². The van der Waals surface area contributed by atoms with Crippen molar-refractivity contribution in [2.75, 3.05) is 13.2 Å². The number of benzene rings is 1. The summed E-state index contributed by atoms with van der Waals surface area (Å²) < 4.78 is 10.4. The molecule has 6 nitrogen and oxygen atoms in total. The zero-order chi connectivity index (χ0) is 16.4. The van der Waals surface area contributed by atoms with Crippen molar-refractivity contribution in [3.05, 3.63) is 35.9 Å². The number of hydrogen-bond donors (Lipinski definition) is 2. The molecule has 0 spiro atoms. The van der Waals surface area contributed by atoms with Crippen LogP contribution >= 0.6 is 0 Å². The zero-order valence-electron chi connectivity index (χ0n) is 12.9. The molecule has 2 N–H and O–H groups in total. The molecular formula is C16H23NO5. The second-order valence-corrected chi connectivity index (χ2v) is 4.98. The van der Waals surface area contributed by atoms with Gasteiger partial charge in [0.25, 0.3) is 0 Å². The quantitative estimate of drug-likeness (QED) is 0.495. The van der Waals surface area contributed by atoms with E-state index in [1.54, 1.807) is 13.8 Å². The molecule has 0 aliphatic carbocycles. The highest BCUT2D eigenvalue weighted by Gasteiger charge is 2.31. The van der Waals surface area contributed by atoms with Crippen molar-refractivity contribution >= 4 is 12.4 Å². The van der Waals surface area contributed by atoms with Gasteiger partial charge in [-0.2, -0.15) is 0 Å². The number of nitrogens with one attached hydrogen (secondary N) is 1. The van der Waals surface area contributed by atoms with Crippen LogP contribution in [0.3, 0.4) is 0 Å². The van der Waals surface area contributed by atoms with Crippen LogP contribution < -0.4 is 5.32 Å². The standard InChI is InChI=1S/C16H23NO5/c1-3-22-16(20)14(17-11-18)15(19)12(2)9-21-10-13-7-5-4-6-8-13/h4-8,11-12,14-15,19H,3,9-10H2,1-2H3,(H,17,18). The topological polar surface area (TPSA) is 84.9 Å². The minimum atomic E-state index is -1.09. The lowest BCUT2D eigenvalue weighted by molar-refractivity contribution is -0.151. The summed E-state index contributed by atoms with van der Waals surface area (Å²) in [7, 11) is 0. The summed E-state index contributed by atoms with van der Waals surface area (Å²) in [5, 5.41) is 12.5. The van der Waals surface area contributed by atoms with Crippen LogP contribution in [0.1, 0.15) is 19.4 Å². The van der Waals surface area contributed by atoms with Gasteiger partial charge in [0.2, 0.25) is 6.41 Å². The van der Waals surface area contributed by atoms with Gasteiger partial charge in [0.15, 0.2) is 6.04 Å². The maximum absolute atomic E-state index is 11.7. The molecule has 122 valence electrons. The molecule has 1 aromatic carbocycles. The summed E-state index contributed by atoms with van der Waals surface area (Å²) >= 11 is 0. The number of aliphatic hydroxyl groups excluding tert-OH is 1. The Labute approximate surface area is 130 Å². The molecule has 1 rings (SSSR count). The number of esters is 1. The number of amides is 1. The van der Waals surface area contributed by atoms with Crippen LogP contribution in [-0.4, -0.2) is 42.8 Å². The normalized spacial score (nSPS) is 14.7. The molecule has 0 saturated carbocycles. The first kappa shape index (κ1) is 18.1.